The minimum atomic E-state index is -2.20. The van der Waals surface area contributed by atoms with Gasteiger partial charge in [0.15, 0.2) is 11.9 Å². The summed E-state index contributed by atoms with van der Waals surface area (Å²) in [7, 11) is 0. The zero-order valence-corrected chi connectivity index (χ0v) is 69.9. The fraction of sp³-hybridized carbons (Fsp3) is 0.690. The number of unbranched alkanes of at least 4 members (excludes halogenated alkanes) is 1. The summed E-state index contributed by atoms with van der Waals surface area (Å²) in [4.78, 5) is 278. The highest BCUT2D eigenvalue weighted by Crippen LogP contribution is 2.23. The van der Waals surface area contributed by atoms with E-state index in [2.05, 4.69) is 91.7 Å². The molecule has 124 heavy (non-hydrogen) atoms. The predicted octanol–water partition coefficient (Wildman–Crippen LogP) is -13.1. The third-order valence-electron chi connectivity index (χ3n) is 19.5. The molecule has 698 valence electrons. The van der Waals surface area contributed by atoms with Crippen LogP contribution in [0.4, 0.5) is 0 Å². The second-order valence-corrected chi connectivity index (χ2v) is 29.8. The number of aliphatic carboxylic acids is 5. The molecule has 0 bridgehead atoms. The number of nitrogens with zero attached hydrogens (tertiary/aromatic N) is 4. The fourth-order valence-corrected chi connectivity index (χ4v) is 12.8. The van der Waals surface area contributed by atoms with Crippen molar-refractivity contribution < 1.29 is 142 Å². The number of carbonyl (C=O) groups is 20. The van der Waals surface area contributed by atoms with Gasteiger partial charge in [0.05, 0.1) is 50.7 Å². The maximum absolute atomic E-state index is 14.4. The van der Waals surface area contributed by atoms with E-state index >= 15 is 0 Å². The summed E-state index contributed by atoms with van der Waals surface area (Å²) in [6.07, 6.45) is -8.36. The van der Waals surface area contributed by atoms with E-state index in [1.54, 1.807) is 6.92 Å². The Bertz CT molecular complexity index is 3820. The van der Waals surface area contributed by atoms with Crippen LogP contribution in [-0.2, 0) is 95.9 Å². The SMILES string of the molecule is CC[C@H](C)[C@H](NC(=O)[C@@H](NC(=O)[C@H](CS)NC(=O)[C@H](C)NC(=O)[C@H](CC(=O)O)NC(=O)[C@@H]1CCCN1C(=O)[C@H](CC(=O)O)NC(=O)[C@H](CO)NC(=O)[C@H](CCCN=C(N)N)NC(=O)[C@H](CC(=O)O)NC(=O)[C@H](CCC(=O)O)NC(=O)[C@@H]1CCCN1C(=O)[C@@H](NC(=O)[C@@H](N)CCCN=C(N)N)[C@@H](C)O)[C@@H](C)O)C(=O)N[C@@H](CO)C(=O)N[C@@H](CCCCN)C(=O)O. The number of likely N-dealkylation sites (tertiary alicyclic amines) is 2. The van der Waals surface area contributed by atoms with Crippen LogP contribution >= 0.6 is 12.6 Å². The number of carboxylic acids is 5. The standard InChI is InChI=1S/C71H119N23O29S/c1-6-31(2)51(65(118)88-43(29-96)60(113)83-38(69(122)123)14-7-8-20-72)90-66(119)52(33(4)97)91-62(115)44(30-124)89-54(107)32(3)80-58(111)39(25-48(101)102)85-64(117)45-16-11-23-93(45)67(120)41(27-50(105)106)86-61(114)42(28-95)87-56(109)36(15-10-22-79-71(76)77)81-59(112)40(26-49(103)104)84-57(110)37(18-19-47(99)100)82-63(116)46-17-12-24-94(46)68(121)53(34(5)98)92-55(108)35(73)13-9-21-78-70(74)75/h31-46,51-53,95-98,124H,6-30,72-73H2,1-5H3,(H,80,111)(H,81,112)(H,82,116)(H,83,113)(H,84,110)(H,85,117)(H,86,114)(H,87,109)(H,88,118)(H,89,107)(H,90,119)(H,91,115)(H,92,108)(H,99,100)(H,101,102)(H,103,104)(H,105,106)(H,122,123)(H4,74,75,78)(H4,76,77,79)/t31-,32-,33+,34+,35-,36-,37-,38-,39-,40-,41-,42-,43-,44-,45-,46-,51-,52-,53-/m0/s1. The summed E-state index contributed by atoms with van der Waals surface area (Å²) in [5.41, 5.74) is 33.0. The van der Waals surface area contributed by atoms with E-state index in [0.717, 1.165) is 23.6 Å². The first-order valence-corrected chi connectivity index (χ1v) is 40.2. The molecule has 0 aliphatic carbocycles. The van der Waals surface area contributed by atoms with Gasteiger partial charge in [0.1, 0.15) is 90.6 Å². The number of hydrogen-bond acceptors (Lipinski definition) is 29. The topological polar surface area (TPSA) is 867 Å². The Hall–Kier alpha value is -11.9. The lowest BCUT2D eigenvalue weighted by atomic mass is 9.97. The molecular weight excluding hydrogens is 1670 g/mol. The minimum absolute atomic E-state index is 0.0285. The number of amides is 15. The molecule has 0 unspecified atom stereocenters. The minimum Gasteiger partial charge on any atom is -0.481 e. The fourth-order valence-electron chi connectivity index (χ4n) is 12.5. The van der Waals surface area contributed by atoms with Crippen LogP contribution in [0.25, 0.3) is 0 Å². The molecule has 0 radical (unpaired) electrons. The molecule has 0 spiro atoms. The Morgan fingerprint density at radius 3 is 1.26 bits per heavy atom. The summed E-state index contributed by atoms with van der Waals surface area (Å²) in [5.74, 6) is -28.3. The number of aliphatic hydroxyl groups is 4. The van der Waals surface area contributed by atoms with Gasteiger partial charge in [-0.1, -0.05) is 20.3 Å². The van der Waals surface area contributed by atoms with Crippen molar-refractivity contribution in [2.75, 3.05) is 51.7 Å². The second-order valence-electron chi connectivity index (χ2n) is 29.4. The van der Waals surface area contributed by atoms with Crippen molar-refractivity contribution in [2.45, 2.75) is 253 Å². The van der Waals surface area contributed by atoms with Crippen LogP contribution in [0.15, 0.2) is 9.98 Å². The number of guanidine groups is 2. The highest BCUT2D eigenvalue weighted by molar-refractivity contribution is 7.80. The van der Waals surface area contributed by atoms with Gasteiger partial charge < -0.3 is 159 Å². The van der Waals surface area contributed by atoms with Crippen molar-refractivity contribution in [1.29, 1.82) is 0 Å². The average Bonchev–Trinajstić information content (AvgIpc) is 1.70. The molecule has 52 nitrogen and oxygen atoms in total. The Morgan fingerprint density at radius 2 is 0.790 bits per heavy atom. The average molecular weight is 1790 g/mol. The molecule has 2 fully saturated rings. The van der Waals surface area contributed by atoms with Gasteiger partial charge in [-0.05, 0) is 110 Å². The van der Waals surface area contributed by atoms with Gasteiger partial charge in [-0.25, -0.2) is 4.79 Å². The van der Waals surface area contributed by atoms with E-state index in [0.29, 0.717) is 12.8 Å². The molecule has 2 heterocycles. The monoisotopic (exact) mass is 1790 g/mol. The molecule has 0 aromatic heterocycles. The Morgan fingerprint density at radius 1 is 0.411 bits per heavy atom. The molecule has 0 saturated carbocycles. The lowest BCUT2D eigenvalue weighted by Gasteiger charge is -2.31. The third-order valence-corrected chi connectivity index (χ3v) is 19.9. The van der Waals surface area contributed by atoms with E-state index in [1.807, 2.05) is 0 Å². The molecule has 2 aliphatic heterocycles. The van der Waals surface area contributed by atoms with Gasteiger partial charge in [-0.15, -0.1) is 0 Å². The normalized spacial score (nSPS) is 17.6. The number of aliphatic hydroxyl groups excluding tert-OH is 4. The zero-order valence-electron chi connectivity index (χ0n) is 69.0. The number of aliphatic imine (C=N–C) groups is 2. The van der Waals surface area contributed by atoms with Gasteiger partial charge in [-0.3, -0.25) is 101 Å². The first kappa shape index (κ1) is 108. The van der Waals surface area contributed by atoms with Crippen LogP contribution in [0.2, 0.25) is 0 Å². The largest absolute Gasteiger partial charge is 0.481 e. The van der Waals surface area contributed by atoms with Crippen molar-refractivity contribution in [2.24, 2.45) is 50.3 Å². The third kappa shape index (κ3) is 37.0. The van der Waals surface area contributed by atoms with Crippen molar-refractivity contribution in [1.82, 2.24) is 78.9 Å². The van der Waals surface area contributed by atoms with Crippen molar-refractivity contribution in [3.63, 3.8) is 0 Å². The molecule has 53 heteroatoms. The summed E-state index contributed by atoms with van der Waals surface area (Å²) >= 11 is 4.10. The first-order valence-electron chi connectivity index (χ1n) is 39.6. The number of thiol groups is 1. The highest BCUT2D eigenvalue weighted by atomic mass is 32.1. The quantitative estimate of drug-likeness (QED) is 0.0116. The van der Waals surface area contributed by atoms with E-state index in [9.17, 15) is 142 Å². The van der Waals surface area contributed by atoms with E-state index < -0.39 is 297 Å². The lowest BCUT2D eigenvalue weighted by Crippen LogP contribution is -2.63. The molecule has 19 atom stereocenters. The van der Waals surface area contributed by atoms with Crippen LogP contribution in [0.3, 0.4) is 0 Å². The lowest BCUT2D eigenvalue weighted by molar-refractivity contribution is -0.147. The van der Waals surface area contributed by atoms with Crippen LogP contribution in [0.5, 0.6) is 0 Å². The van der Waals surface area contributed by atoms with E-state index in [4.69, 9.17) is 34.4 Å². The molecule has 2 saturated heterocycles. The molecule has 2 rings (SSSR count). The smallest absolute Gasteiger partial charge is 0.326 e. The number of carboxylic acid groups (broad SMARTS) is 5. The zero-order chi connectivity index (χ0) is 94.1. The summed E-state index contributed by atoms with van der Waals surface area (Å²) in [6, 6.07) is -28.4. The van der Waals surface area contributed by atoms with Gasteiger partial charge >= 0.3 is 29.8 Å². The van der Waals surface area contributed by atoms with Crippen LogP contribution < -0.4 is 104 Å². The number of rotatable bonds is 57. The van der Waals surface area contributed by atoms with Gasteiger partial charge in [-0.2, -0.15) is 12.6 Å². The molecule has 0 aromatic rings. The number of carbonyl (C=O) groups excluding carboxylic acids is 15. The molecule has 34 N–H and O–H groups in total. The Balaban J connectivity index is 2.37. The second kappa shape index (κ2) is 54.5. The van der Waals surface area contributed by atoms with Gasteiger partial charge in [0.25, 0.3) is 0 Å². The Labute approximate surface area is 715 Å². The predicted molar refractivity (Wildman–Crippen MR) is 433 cm³/mol. The van der Waals surface area contributed by atoms with Crippen molar-refractivity contribution >= 4 is 143 Å². The molecule has 2 aliphatic rings. The highest BCUT2D eigenvalue weighted by Gasteiger charge is 2.45. The molecule has 0 aromatic carbocycles. The molecular formula is C71H119N23O29S. The van der Waals surface area contributed by atoms with Gasteiger partial charge in [0, 0.05) is 38.4 Å². The molecule has 15 amide bonds. The number of nitrogens with one attached hydrogen (secondary N) is 13. The van der Waals surface area contributed by atoms with Crippen LogP contribution in [0.1, 0.15) is 144 Å². The van der Waals surface area contributed by atoms with E-state index in [-0.39, 0.29) is 96.5 Å². The number of hydrogen-bond donors (Lipinski definition) is 29. The first-order chi connectivity index (χ1) is 58.2. The van der Waals surface area contributed by atoms with Crippen LogP contribution in [0, 0.1) is 5.92 Å². The van der Waals surface area contributed by atoms with Crippen molar-refractivity contribution in [3.05, 3.63) is 0 Å². The van der Waals surface area contributed by atoms with Crippen molar-refractivity contribution in [3.8, 4) is 0 Å². The maximum Gasteiger partial charge on any atom is 0.326 e. The maximum atomic E-state index is 14.4. The summed E-state index contributed by atoms with van der Waals surface area (Å²) in [5, 5.41) is 120. The van der Waals surface area contributed by atoms with Gasteiger partial charge in [0.2, 0.25) is 88.6 Å². The van der Waals surface area contributed by atoms with E-state index in [1.165, 1.54) is 13.8 Å². The summed E-state index contributed by atoms with van der Waals surface area (Å²) in [6.45, 7) is 3.64. The Kier molecular flexibility index (Phi) is 47.5. The number of nitrogens with two attached hydrogens (primary N) is 6. The van der Waals surface area contributed by atoms with Crippen LogP contribution in [-0.4, -0.2) is 347 Å². The summed E-state index contributed by atoms with van der Waals surface area (Å²) < 4.78 is 0.